The molecule has 2 N–H and O–H groups in total. The lowest BCUT2D eigenvalue weighted by Crippen LogP contribution is -2.44. The zero-order chi connectivity index (χ0) is 23.1. The Labute approximate surface area is 198 Å². The fraction of sp³-hybridized carbons (Fsp3) is 0.833. The Morgan fingerprint density at radius 1 is 0.636 bits per heavy atom. The van der Waals surface area contributed by atoms with Crippen molar-refractivity contribution >= 4 is 11.8 Å². The maximum Gasteiger partial charge on any atom is 0.237 e. The van der Waals surface area contributed by atoms with Gasteiger partial charge in [0.05, 0.1) is 38.5 Å². The number of hydrogen-bond acceptors (Lipinski definition) is 7. The molecule has 2 fully saturated rings. The average Bonchev–Trinajstić information content (AvgIpc) is 3.48. The quantitative estimate of drug-likeness (QED) is 0.504. The average molecular weight is 467 g/mol. The maximum absolute atomic E-state index is 12.6. The van der Waals surface area contributed by atoms with Crippen LogP contribution in [0.4, 0.5) is 0 Å². The van der Waals surface area contributed by atoms with Crippen LogP contribution in [0, 0.1) is 0 Å². The van der Waals surface area contributed by atoms with Crippen molar-refractivity contribution in [3.05, 3.63) is 12.2 Å². The third-order valence-corrected chi connectivity index (χ3v) is 6.45. The molecule has 0 aromatic heterocycles. The van der Waals surface area contributed by atoms with Gasteiger partial charge in [-0.1, -0.05) is 12.2 Å². The Balaban J connectivity index is 1.48. The van der Waals surface area contributed by atoms with E-state index in [-0.39, 0.29) is 23.9 Å². The van der Waals surface area contributed by atoms with Gasteiger partial charge in [-0.3, -0.25) is 19.4 Å². The molecule has 3 aliphatic rings. The van der Waals surface area contributed by atoms with Crippen LogP contribution < -0.4 is 10.6 Å². The summed E-state index contributed by atoms with van der Waals surface area (Å²) in [6, 6.07) is -0.100. The van der Waals surface area contributed by atoms with Gasteiger partial charge in [-0.05, 0) is 51.6 Å². The van der Waals surface area contributed by atoms with E-state index in [1.165, 1.54) is 0 Å². The van der Waals surface area contributed by atoms with Gasteiger partial charge in [-0.15, -0.1) is 0 Å². The summed E-state index contributed by atoms with van der Waals surface area (Å²) in [6.45, 7) is 8.08. The second-order valence-electron chi connectivity index (χ2n) is 8.90. The van der Waals surface area contributed by atoms with Crippen LogP contribution in [-0.2, 0) is 23.8 Å². The van der Waals surface area contributed by atoms with Crippen molar-refractivity contribution in [1.29, 1.82) is 0 Å². The molecule has 3 heterocycles. The molecule has 0 radical (unpaired) electrons. The van der Waals surface area contributed by atoms with E-state index in [4.69, 9.17) is 14.2 Å². The number of amides is 2. The number of fused-ring (bicyclic) bond motifs is 2. The predicted molar refractivity (Wildman–Crippen MR) is 126 cm³/mol. The monoisotopic (exact) mass is 466 g/mol. The van der Waals surface area contributed by atoms with Gasteiger partial charge in [0.15, 0.2) is 0 Å². The summed E-state index contributed by atoms with van der Waals surface area (Å²) in [4.78, 5) is 29.7. The number of carbonyl (C=O) groups is 2. The van der Waals surface area contributed by atoms with Crippen LogP contribution >= 0.6 is 0 Å². The minimum absolute atomic E-state index is 0.0500. The zero-order valence-corrected chi connectivity index (χ0v) is 20.0. The highest BCUT2D eigenvalue weighted by molar-refractivity contribution is 5.82. The third kappa shape index (κ3) is 9.33. The van der Waals surface area contributed by atoms with Crippen molar-refractivity contribution in [2.24, 2.45) is 0 Å². The third-order valence-electron chi connectivity index (χ3n) is 6.45. The predicted octanol–water partition coefficient (Wildman–Crippen LogP) is 0.547. The first-order valence-electron chi connectivity index (χ1n) is 12.7. The van der Waals surface area contributed by atoms with Crippen molar-refractivity contribution in [3.8, 4) is 0 Å². The number of carbonyl (C=O) groups excluding carboxylic acids is 2. The van der Waals surface area contributed by atoms with Gasteiger partial charge >= 0.3 is 0 Å². The zero-order valence-electron chi connectivity index (χ0n) is 20.0. The fourth-order valence-corrected chi connectivity index (χ4v) is 4.65. The van der Waals surface area contributed by atoms with Crippen LogP contribution in [0.3, 0.4) is 0 Å². The van der Waals surface area contributed by atoms with Gasteiger partial charge in [0.2, 0.25) is 11.8 Å². The van der Waals surface area contributed by atoms with Crippen LogP contribution in [-0.4, -0.2) is 113 Å². The Kier molecular flexibility index (Phi) is 12.2. The highest BCUT2D eigenvalue weighted by Gasteiger charge is 2.30. The second-order valence-corrected chi connectivity index (χ2v) is 8.90. The summed E-state index contributed by atoms with van der Waals surface area (Å²) < 4.78 is 16.6. The molecule has 0 saturated carbocycles. The first-order valence-corrected chi connectivity index (χ1v) is 12.7. The molecular weight excluding hydrogens is 424 g/mol. The summed E-state index contributed by atoms with van der Waals surface area (Å²) in [5, 5.41) is 6.12. The summed E-state index contributed by atoms with van der Waals surface area (Å²) in [5.74, 6) is 0.233. The van der Waals surface area contributed by atoms with Gasteiger partial charge in [0.25, 0.3) is 0 Å². The van der Waals surface area contributed by atoms with Crippen molar-refractivity contribution in [2.75, 3.05) is 78.9 Å². The van der Waals surface area contributed by atoms with E-state index >= 15 is 0 Å². The molecule has 0 aliphatic carbocycles. The van der Waals surface area contributed by atoms with Gasteiger partial charge in [0.1, 0.15) is 0 Å². The van der Waals surface area contributed by atoms with E-state index in [1.54, 1.807) is 0 Å². The molecule has 2 saturated heterocycles. The Morgan fingerprint density at radius 2 is 1.06 bits per heavy atom. The van der Waals surface area contributed by atoms with Crippen LogP contribution in [0.25, 0.3) is 0 Å². The first kappa shape index (κ1) is 26.1. The molecule has 0 unspecified atom stereocenters. The molecule has 0 spiro atoms. The van der Waals surface area contributed by atoms with Crippen LogP contribution in [0.1, 0.15) is 38.5 Å². The van der Waals surface area contributed by atoms with Gasteiger partial charge < -0.3 is 24.8 Å². The van der Waals surface area contributed by atoms with Gasteiger partial charge in [-0.25, -0.2) is 0 Å². The van der Waals surface area contributed by atoms with E-state index in [0.717, 1.165) is 64.7 Å². The molecule has 9 heteroatoms. The molecule has 9 nitrogen and oxygen atoms in total. The van der Waals surface area contributed by atoms with Crippen LogP contribution in [0.5, 0.6) is 0 Å². The Hall–Kier alpha value is -1.52. The molecular formula is C24H42N4O5. The normalized spacial score (nSPS) is 30.3. The largest absolute Gasteiger partial charge is 0.379 e. The molecule has 0 bridgehead atoms. The molecule has 2 amide bonds. The lowest BCUT2D eigenvalue weighted by Gasteiger charge is -2.23. The lowest BCUT2D eigenvalue weighted by molar-refractivity contribution is -0.126. The maximum atomic E-state index is 12.6. The number of ether oxygens (including phenoxy) is 3. The van der Waals surface area contributed by atoms with E-state index in [0.29, 0.717) is 52.7 Å². The van der Waals surface area contributed by atoms with Crippen LogP contribution in [0.15, 0.2) is 12.2 Å². The van der Waals surface area contributed by atoms with Gasteiger partial charge in [-0.2, -0.15) is 0 Å². The molecule has 188 valence electrons. The molecule has 0 aromatic carbocycles. The number of hydrogen-bond donors (Lipinski definition) is 2. The minimum atomic E-state index is -0.0500. The summed E-state index contributed by atoms with van der Waals surface area (Å²) >= 11 is 0. The Bertz CT molecular complexity index is 568. The highest BCUT2D eigenvalue weighted by atomic mass is 16.5. The molecule has 33 heavy (non-hydrogen) atoms. The van der Waals surface area contributed by atoms with E-state index in [1.807, 2.05) is 0 Å². The summed E-state index contributed by atoms with van der Waals surface area (Å²) in [5.41, 5.74) is 0. The number of rotatable bonds is 0. The van der Waals surface area contributed by atoms with E-state index in [2.05, 4.69) is 32.6 Å². The SMILES string of the molecule is O=C1NCCCOCCOCCOCCCNC(=O)[C@@H]2CCCN2C/C=C/CN2CCC[C@@H]12. The minimum Gasteiger partial charge on any atom is -0.379 e. The lowest BCUT2D eigenvalue weighted by atomic mass is 10.2. The van der Waals surface area contributed by atoms with E-state index in [9.17, 15) is 9.59 Å². The molecule has 0 aromatic rings. The topological polar surface area (TPSA) is 92.4 Å². The highest BCUT2D eigenvalue weighted by Crippen LogP contribution is 2.18. The smallest absolute Gasteiger partial charge is 0.237 e. The van der Waals surface area contributed by atoms with Crippen LogP contribution in [0.2, 0.25) is 0 Å². The summed E-state index contributed by atoms with van der Waals surface area (Å²) in [7, 11) is 0. The van der Waals surface area contributed by atoms with E-state index < -0.39 is 0 Å². The standard InChI is InChI=1S/C24H42N4O5/c29-23-21-7-3-13-27(21)11-1-2-12-28-14-4-8-22(28)24(30)26-10-6-16-32-18-20-33-19-17-31-15-5-9-25-23/h1-2,21-22H,3-20H2,(H,25,29)(H,26,30)/b2-1+/t21-,22-/m0/s1. The van der Waals surface area contributed by atoms with Crippen molar-refractivity contribution in [2.45, 2.75) is 50.6 Å². The van der Waals surface area contributed by atoms with Crippen molar-refractivity contribution in [1.82, 2.24) is 20.4 Å². The summed E-state index contributed by atoms with van der Waals surface area (Å²) in [6.07, 6.45) is 9.80. The Morgan fingerprint density at radius 3 is 1.52 bits per heavy atom. The number of nitrogens with one attached hydrogen (secondary N) is 2. The number of nitrogens with zero attached hydrogens (tertiary/aromatic N) is 2. The van der Waals surface area contributed by atoms with Gasteiger partial charge in [0, 0.05) is 39.4 Å². The first-order chi connectivity index (χ1) is 16.3. The molecule has 2 atom stereocenters. The van der Waals surface area contributed by atoms with Crippen molar-refractivity contribution in [3.63, 3.8) is 0 Å². The van der Waals surface area contributed by atoms with Crippen molar-refractivity contribution < 1.29 is 23.8 Å². The molecule has 3 rings (SSSR count). The molecule has 3 aliphatic heterocycles. The second kappa shape index (κ2) is 15.4. The fourth-order valence-electron chi connectivity index (χ4n) is 4.65.